The van der Waals surface area contributed by atoms with Crippen LogP contribution in [-0.2, 0) is 6.42 Å². The Labute approximate surface area is 133 Å². The Bertz CT molecular complexity index is 882. The molecular formula is C20H15Br. The molecule has 0 aliphatic heterocycles. The number of allylic oxidation sites excluding steroid dienone is 1. The van der Waals surface area contributed by atoms with Gasteiger partial charge in [0.1, 0.15) is 0 Å². The summed E-state index contributed by atoms with van der Waals surface area (Å²) in [5.74, 6) is 0. The zero-order chi connectivity index (χ0) is 14.4. The normalized spacial score (nSPS) is 13.3. The summed E-state index contributed by atoms with van der Waals surface area (Å²) in [6.45, 7) is 2.20. The number of fused-ring (bicyclic) bond motifs is 2. The van der Waals surface area contributed by atoms with Crippen LogP contribution in [0.4, 0.5) is 0 Å². The minimum absolute atomic E-state index is 1.06. The molecule has 0 aromatic heterocycles. The van der Waals surface area contributed by atoms with E-state index in [0.717, 1.165) is 6.42 Å². The smallest absolute Gasteiger partial charge is 0.0222 e. The molecule has 1 heteroatoms. The van der Waals surface area contributed by atoms with Crippen LogP contribution in [0.1, 0.15) is 18.1 Å². The molecule has 0 atom stereocenters. The Hall–Kier alpha value is -1.86. The molecule has 3 aromatic carbocycles. The molecule has 0 spiro atoms. The Morgan fingerprint density at radius 1 is 0.952 bits per heavy atom. The lowest BCUT2D eigenvalue weighted by Crippen LogP contribution is -1.88. The van der Waals surface area contributed by atoms with Gasteiger partial charge < -0.3 is 0 Å². The first-order chi connectivity index (χ1) is 10.2. The van der Waals surface area contributed by atoms with Gasteiger partial charge in [-0.3, -0.25) is 0 Å². The van der Waals surface area contributed by atoms with E-state index < -0.39 is 0 Å². The van der Waals surface area contributed by atoms with Crippen LogP contribution in [0.25, 0.3) is 28.0 Å². The molecular weight excluding hydrogens is 320 g/mol. The summed E-state index contributed by atoms with van der Waals surface area (Å²) < 4.78 is 1.22. The number of halogens is 1. The van der Waals surface area contributed by atoms with Crippen molar-refractivity contribution in [1.82, 2.24) is 0 Å². The lowest BCUT2D eigenvalue weighted by atomic mass is 9.96. The summed E-state index contributed by atoms with van der Waals surface area (Å²) in [6.07, 6.45) is 3.36. The van der Waals surface area contributed by atoms with Crippen LogP contribution in [0.15, 0.2) is 64.6 Å². The number of rotatable bonds is 1. The Balaban J connectivity index is 1.98. The van der Waals surface area contributed by atoms with Crippen LogP contribution in [-0.4, -0.2) is 0 Å². The summed E-state index contributed by atoms with van der Waals surface area (Å²) in [5.41, 5.74) is 6.78. The van der Waals surface area contributed by atoms with Crippen LogP contribution >= 0.6 is 15.9 Å². The minimum atomic E-state index is 1.06. The van der Waals surface area contributed by atoms with E-state index in [1.54, 1.807) is 0 Å². The first-order valence-electron chi connectivity index (χ1n) is 7.20. The fraction of sp³-hybridized carbons (Fsp3) is 0.100. The van der Waals surface area contributed by atoms with E-state index in [0.29, 0.717) is 0 Å². The van der Waals surface area contributed by atoms with Crippen molar-refractivity contribution in [3.05, 3.63) is 75.8 Å². The third kappa shape index (κ3) is 2.13. The fourth-order valence-corrected chi connectivity index (χ4v) is 3.82. The standard InChI is InChI=1S/C20H15Br/c1-13-9-15-11-16(12-20(21)19(15)10-13)18-8-4-6-14-5-2-3-7-17(14)18/h2-9,11-12H,10H2,1H3. The van der Waals surface area contributed by atoms with Crippen LogP contribution in [0, 0.1) is 0 Å². The van der Waals surface area contributed by atoms with Crippen molar-refractivity contribution in [3.8, 4) is 11.1 Å². The van der Waals surface area contributed by atoms with Crippen LogP contribution in [0.2, 0.25) is 0 Å². The number of hydrogen-bond donors (Lipinski definition) is 0. The topological polar surface area (TPSA) is 0 Å². The molecule has 0 unspecified atom stereocenters. The van der Waals surface area contributed by atoms with E-state index in [1.807, 2.05) is 0 Å². The van der Waals surface area contributed by atoms with Crippen molar-refractivity contribution in [2.75, 3.05) is 0 Å². The molecule has 0 saturated carbocycles. The highest BCUT2D eigenvalue weighted by molar-refractivity contribution is 9.10. The molecule has 1 aliphatic carbocycles. The lowest BCUT2D eigenvalue weighted by Gasteiger charge is -2.10. The van der Waals surface area contributed by atoms with Gasteiger partial charge in [0.15, 0.2) is 0 Å². The Morgan fingerprint density at radius 3 is 2.67 bits per heavy atom. The molecule has 3 aromatic rings. The molecule has 0 heterocycles. The SMILES string of the molecule is CC1=Cc2cc(-c3cccc4ccccc34)cc(Br)c2C1. The predicted octanol–water partition coefficient (Wildman–Crippen LogP) is 6.23. The molecule has 0 fully saturated rings. The highest BCUT2D eigenvalue weighted by Crippen LogP contribution is 2.37. The van der Waals surface area contributed by atoms with Gasteiger partial charge in [0.05, 0.1) is 0 Å². The molecule has 102 valence electrons. The molecule has 1 aliphatic rings. The average molecular weight is 335 g/mol. The van der Waals surface area contributed by atoms with Gasteiger partial charge >= 0.3 is 0 Å². The molecule has 0 amide bonds. The van der Waals surface area contributed by atoms with Crippen molar-refractivity contribution in [1.29, 1.82) is 0 Å². The third-order valence-corrected chi connectivity index (χ3v) is 4.90. The van der Waals surface area contributed by atoms with Gasteiger partial charge in [-0.2, -0.15) is 0 Å². The van der Waals surface area contributed by atoms with Crippen molar-refractivity contribution >= 4 is 32.8 Å². The maximum atomic E-state index is 3.75. The van der Waals surface area contributed by atoms with Gasteiger partial charge in [-0.25, -0.2) is 0 Å². The van der Waals surface area contributed by atoms with Gasteiger partial charge in [0, 0.05) is 4.47 Å². The molecule has 0 bridgehead atoms. The van der Waals surface area contributed by atoms with Gasteiger partial charge in [0.25, 0.3) is 0 Å². The van der Waals surface area contributed by atoms with E-state index in [-0.39, 0.29) is 0 Å². The predicted molar refractivity (Wildman–Crippen MR) is 94.4 cm³/mol. The summed E-state index contributed by atoms with van der Waals surface area (Å²) in [7, 11) is 0. The van der Waals surface area contributed by atoms with Crippen LogP contribution < -0.4 is 0 Å². The van der Waals surface area contributed by atoms with Gasteiger partial charge in [-0.15, -0.1) is 0 Å². The van der Waals surface area contributed by atoms with Crippen molar-refractivity contribution in [2.24, 2.45) is 0 Å². The third-order valence-electron chi connectivity index (χ3n) is 4.19. The number of benzene rings is 3. The monoisotopic (exact) mass is 334 g/mol. The highest BCUT2D eigenvalue weighted by Gasteiger charge is 2.15. The Morgan fingerprint density at radius 2 is 1.76 bits per heavy atom. The second-order valence-corrected chi connectivity index (χ2v) is 6.57. The largest absolute Gasteiger partial charge is 0.0683 e. The fourth-order valence-electron chi connectivity index (χ4n) is 3.20. The first kappa shape index (κ1) is 12.8. The quantitative estimate of drug-likeness (QED) is 0.494. The highest BCUT2D eigenvalue weighted by atomic mass is 79.9. The maximum Gasteiger partial charge on any atom is 0.0222 e. The molecule has 0 nitrogen and oxygen atoms in total. The second kappa shape index (κ2) is 4.85. The zero-order valence-corrected chi connectivity index (χ0v) is 13.4. The summed E-state index contributed by atoms with van der Waals surface area (Å²) >= 11 is 3.75. The molecule has 0 N–H and O–H groups in total. The van der Waals surface area contributed by atoms with Gasteiger partial charge in [0.2, 0.25) is 0 Å². The zero-order valence-electron chi connectivity index (χ0n) is 11.9. The van der Waals surface area contributed by atoms with Crippen molar-refractivity contribution in [2.45, 2.75) is 13.3 Å². The Kier molecular flexibility index (Phi) is 2.97. The average Bonchev–Trinajstić information content (AvgIpc) is 2.87. The maximum absolute atomic E-state index is 3.75. The van der Waals surface area contributed by atoms with Crippen LogP contribution in [0.5, 0.6) is 0 Å². The van der Waals surface area contributed by atoms with E-state index in [1.165, 1.54) is 43.1 Å². The minimum Gasteiger partial charge on any atom is -0.0683 e. The lowest BCUT2D eigenvalue weighted by molar-refractivity contribution is 1.18. The van der Waals surface area contributed by atoms with Crippen LogP contribution in [0.3, 0.4) is 0 Å². The first-order valence-corrected chi connectivity index (χ1v) is 7.99. The van der Waals surface area contributed by atoms with E-state index in [4.69, 9.17) is 0 Å². The van der Waals surface area contributed by atoms with Gasteiger partial charge in [-0.05, 0) is 58.5 Å². The molecule has 0 saturated heterocycles. The number of hydrogen-bond acceptors (Lipinski definition) is 0. The van der Waals surface area contributed by atoms with E-state index >= 15 is 0 Å². The van der Waals surface area contributed by atoms with E-state index in [2.05, 4.69) is 83.5 Å². The summed E-state index contributed by atoms with van der Waals surface area (Å²) in [5, 5.41) is 2.60. The summed E-state index contributed by atoms with van der Waals surface area (Å²) in [6, 6.07) is 19.7. The van der Waals surface area contributed by atoms with Crippen molar-refractivity contribution in [3.63, 3.8) is 0 Å². The molecule has 4 rings (SSSR count). The summed E-state index contributed by atoms with van der Waals surface area (Å²) in [4.78, 5) is 0. The van der Waals surface area contributed by atoms with Gasteiger partial charge in [-0.1, -0.05) is 70.0 Å². The molecule has 21 heavy (non-hydrogen) atoms. The second-order valence-electron chi connectivity index (χ2n) is 5.72. The van der Waals surface area contributed by atoms with Crippen molar-refractivity contribution < 1.29 is 0 Å². The van der Waals surface area contributed by atoms with E-state index in [9.17, 15) is 0 Å². The molecule has 0 radical (unpaired) electrons.